The van der Waals surface area contributed by atoms with Gasteiger partial charge in [-0.3, -0.25) is 0 Å². The Labute approximate surface area is 85.3 Å². The molecule has 0 bridgehead atoms. The summed E-state index contributed by atoms with van der Waals surface area (Å²) in [5, 5.41) is 10.7. The Hall–Kier alpha value is -1.70. The standard InChI is InChI=1S/C10H9F3N2/c11-7-5-8(12)10(9(13)6-7)15-4-2-1-3-14/h5-6,15H,1-2,4H2. The topological polar surface area (TPSA) is 35.8 Å². The number of rotatable bonds is 4. The minimum atomic E-state index is -0.968. The zero-order chi connectivity index (χ0) is 11.3. The molecule has 1 N–H and O–H groups in total. The van der Waals surface area contributed by atoms with E-state index in [1.807, 2.05) is 6.07 Å². The number of benzene rings is 1. The lowest BCUT2D eigenvalue weighted by molar-refractivity contribution is 0.547. The van der Waals surface area contributed by atoms with Crippen molar-refractivity contribution in [2.45, 2.75) is 12.8 Å². The Balaban J connectivity index is 2.65. The summed E-state index contributed by atoms with van der Waals surface area (Å²) in [4.78, 5) is 0. The lowest BCUT2D eigenvalue weighted by Crippen LogP contribution is -2.05. The maximum absolute atomic E-state index is 13.0. The van der Waals surface area contributed by atoms with Gasteiger partial charge in [-0.1, -0.05) is 0 Å². The van der Waals surface area contributed by atoms with Crippen LogP contribution in [0.3, 0.4) is 0 Å². The number of unbranched alkanes of at least 4 members (excludes halogenated alkanes) is 1. The first kappa shape index (κ1) is 11.4. The van der Waals surface area contributed by atoms with E-state index in [4.69, 9.17) is 5.26 Å². The Morgan fingerprint density at radius 2 is 1.80 bits per heavy atom. The van der Waals surface area contributed by atoms with Crippen LogP contribution in [-0.2, 0) is 0 Å². The first-order chi connectivity index (χ1) is 7.15. The third kappa shape index (κ3) is 3.17. The summed E-state index contributed by atoms with van der Waals surface area (Å²) in [5.74, 6) is -2.89. The summed E-state index contributed by atoms with van der Waals surface area (Å²) in [6.07, 6.45) is 0.782. The zero-order valence-electron chi connectivity index (χ0n) is 7.86. The average molecular weight is 214 g/mol. The van der Waals surface area contributed by atoms with Crippen LogP contribution in [0.1, 0.15) is 12.8 Å². The summed E-state index contributed by atoms with van der Waals surface area (Å²) in [6.45, 7) is 0.271. The van der Waals surface area contributed by atoms with Crippen LogP contribution in [0.5, 0.6) is 0 Å². The van der Waals surface area contributed by atoms with E-state index in [1.165, 1.54) is 0 Å². The van der Waals surface area contributed by atoms with Gasteiger partial charge >= 0.3 is 0 Å². The second-order valence-corrected chi connectivity index (χ2v) is 2.93. The molecule has 0 atom stereocenters. The van der Waals surface area contributed by atoms with Gasteiger partial charge in [0.1, 0.15) is 11.5 Å². The van der Waals surface area contributed by atoms with Crippen LogP contribution in [0.25, 0.3) is 0 Å². The Bertz CT molecular complexity index is 362. The molecule has 0 saturated heterocycles. The SMILES string of the molecule is N#CCCCNc1c(F)cc(F)cc1F. The number of nitrogens with one attached hydrogen (secondary N) is 1. The van der Waals surface area contributed by atoms with Crippen molar-refractivity contribution in [3.05, 3.63) is 29.6 Å². The predicted molar refractivity (Wildman–Crippen MR) is 49.7 cm³/mol. The molecule has 2 nitrogen and oxygen atoms in total. The summed E-state index contributed by atoms with van der Waals surface area (Å²) >= 11 is 0. The molecule has 0 fully saturated rings. The number of anilines is 1. The fraction of sp³-hybridized carbons (Fsp3) is 0.300. The van der Waals surface area contributed by atoms with Gasteiger partial charge in [0.05, 0.1) is 6.07 Å². The molecular weight excluding hydrogens is 205 g/mol. The maximum Gasteiger partial charge on any atom is 0.152 e. The highest BCUT2D eigenvalue weighted by molar-refractivity contribution is 5.46. The van der Waals surface area contributed by atoms with Gasteiger partial charge < -0.3 is 5.32 Å². The summed E-state index contributed by atoms with van der Waals surface area (Å²) in [7, 11) is 0. The van der Waals surface area contributed by atoms with Gasteiger partial charge in [-0.25, -0.2) is 13.2 Å². The summed E-state index contributed by atoms with van der Waals surface area (Å²) < 4.78 is 38.5. The minimum absolute atomic E-state index is 0.271. The van der Waals surface area contributed by atoms with Crippen molar-refractivity contribution >= 4 is 5.69 Å². The first-order valence-corrected chi connectivity index (χ1v) is 4.40. The van der Waals surface area contributed by atoms with Crippen molar-refractivity contribution in [1.82, 2.24) is 0 Å². The van der Waals surface area contributed by atoms with Crippen molar-refractivity contribution in [2.75, 3.05) is 11.9 Å². The highest BCUT2D eigenvalue weighted by Gasteiger charge is 2.10. The van der Waals surface area contributed by atoms with Crippen LogP contribution < -0.4 is 5.32 Å². The molecule has 0 spiro atoms. The monoisotopic (exact) mass is 214 g/mol. The molecule has 15 heavy (non-hydrogen) atoms. The van der Waals surface area contributed by atoms with E-state index in [9.17, 15) is 13.2 Å². The van der Waals surface area contributed by atoms with E-state index >= 15 is 0 Å². The number of halogens is 3. The molecule has 0 aromatic heterocycles. The molecule has 1 rings (SSSR count). The van der Waals surface area contributed by atoms with Crippen LogP contribution in [-0.4, -0.2) is 6.54 Å². The van der Waals surface area contributed by atoms with Gasteiger partial charge in [0.25, 0.3) is 0 Å². The van der Waals surface area contributed by atoms with Gasteiger partial charge in [0, 0.05) is 25.1 Å². The number of nitriles is 1. The lowest BCUT2D eigenvalue weighted by atomic mass is 10.2. The first-order valence-electron chi connectivity index (χ1n) is 4.40. The van der Waals surface area contributed by atoms with E-state index in [0.717, 1.165) is 0 Å². The molecule has 0 aliphatic rings. The Kier molecular flexibility index (Phi) is 3.98. The third-order valence-corrected chi connectivity index (χ3v) is 1.77. The molecule has 0 heterocycles. The van der Waals surface area contributed by atoms with Crippen molar-refractivity contribution in [2.24, 2.45) is 0 Å². The smallest absolute Gasteiger partial charge is 0.152 e. The Morgan fingerprint density at radius 3 is 2.33 bits per heavy atom. The van der Waals surface area contributed by atoms with Crippen molar-refractivity contribution in [1.29, 1.82) is 5.26 Å². The molecule has 0 unspecified atom stereocenters. The average Bonchev–Trinajstić information content (AvgIpc) is 2.15. The lowest BCUT2D eigenvalue weighted by Gasteiger charge is -2.07. The molecule has 0 aliphatic heterocycles. The van der Waals surface area contributed by atoms with Gasteiger partial charge in [-0.05, 0) is 6.42 Å². The number of nitrogens with zero attached hydrogens (tertiary/aromatic N) is 1. The predicted octanol–water partition coefficient (Wildman–Crippen LogP) is 2.82. The normalized spacial score (nSPS) is 9.73. The summed E-state index contributed by atoms with van der Waals surface area (Å²) in [5.41, 5.74) is -0.352. The van der Waals surface area contributed by atoms with Crippen LogP contribution in [0, 0.1) is 28.8 Å². The van der Waals surface area contributed by atoms with E-state index in [2.05, 4.69) is 5.32 Å². The van der Waals surface area contributed by atoms with E-state index in [1.54, 1.807) is 0 Å². The molecule has 0 amide bonds. The fourth-order valence-electron chi connectivity index (χ4n) is 1.09. The van der Waals surface area contributed by atoms with Gasteiger partial charge in [0.2, 0.25) is 0 Å². The van der Waals surface area contributed by atoms with E-state index < -0.39 is 17.5 Å². The number of hydrogen-bond donors (Lipinski definition) is 1. The zero-order valence-corrected chi connectivity index (χ0v) is 7.86. The van der Waals surface area contributed by atoms with Gasteiger partial charge in [-0.2, -0.15) is 5.26 Å². The van der Waals surface area contributed by atoms with Crippen LogP contribution in [0.2, 0.25) is 0 Å². The van der Waals surface area contributed by atoms with Crippen molar-refractivity contribution in [3.63, 3.8) is 0 Å². The molecule has 80 valence electrons. The minimum Gasteiger partial charge on any atom is -0.380 e. The van der Waals surface area contributed by atoms with Crippen LogP contribution >= 0.6 is 0 Å². The molecular formula is C10H9F3N2. The largest absolute Gasteiger partial charge is 0.380 e. The van der Waals surface area contributed by atoms with E-state index in [0.29, 0.717) is 25.0 Å². The maximum atomic E-state index is 13.0. The highest BCUT2D eigenvalue weighted by atomic mass is 19.1. The van der Waals surface area contributed by atoms with Crippen LogP contribution in [0.4, 0.5) is 18.9 Å². The quantitative estimate of drug-likeness (QED) is 0.782. The third-order valence-electron chi connectivity index (χ3n) is 1.77. The summed E-state index contributed by atoms with van der Waals surface area (Å²) in [6, 6.07) is 3.12. The second kappa shape index (κ2) is 5.25. The fourth-order valence-corrected chi connectivity index (χ4v) is 1.09. The van der Waals surface area contributed by atoms with Crippen molar-refractivity contribution in [3.8, 4) is 6.07 Å². The van der Waals surface area contributed by atoms with Gasteiger partial charge in [0.15, 0.2) is 11.6 Å². The van der Waals surface area contributed by atoms with E-state index in [-0.39, 0.29) is 12.2 Å². The Morgan fingerprint density at radius 1 is 1.20 bits per heavy atom. The molecule has 0 radical (unpaired) electrons. The molecule has 0 saturated carbocycles. The van der Waals surface area contributed by atoms with Crippen LogP contribution in [0.15, 0.2) is 12.1 Å². The number of hydrogen-bond acceptors (Lipinski definition) is 2. The van der Waals surface area contributed by atoms with Gasteiger partial charge in [-0.15, -0.1) is 0 Å². The van der Waals surface area contributed by atoms with Crippen molar-refractivity contribution < 1.29 is 13.2 Å². The molecule has 5 heteroatoms. The highest BCUT2D eigenvalue weighted by Crippen LogP contribution is 2.19. The molecule has 0 aliphatic carbocycles. The second-order valence-electron chi connectivity index (χ2n) is 2.93. The molecule has 1 aromatic rings. The molecule has 1 aromatic carbocycles.